The van der Waals surface area contributed by atoms with Crippen LogP contribution in [0.1, 0.15) is 18.4 Å². The summed E-state index contributed by atoms with van der Waals surface area (Å²) in [6, 6.07) is 15.3. The number of amides is 1. The van der Waals surface area contributed by atoms with Gasteiger partial charge in [-0.25, -0.2) is 9.97 Å². The summed E-state index contributed by atoms with van der Waals surface area (Å²) in [5, 5.41) is 3.69. The Morgan fingerprint density at radius 3 is 2.45 bits per heavy atom. The van der Waals surface area contributed by atoms with E-state index in [0.29, 0.717) is 17.4 Å². The molecular weight excluding hydrogens is 388 g/mol. The molecule has 1 aromatic heterocycles. The van der Waals surface area contributed by atoms with E-state index in [1.165, 1.54) is 0 Å². The Bertz CT molecular complexity index is 1020. The van der Waals surface area contributed by atoms with Crippen LogP contribution in [-0.4, -0.2) is 36.1 Å². The first-order valence-electron chi connectivity index (χ1n) is 9.72. The number of fused-ring (bicyclic) bond motifs is 1. The van der Waals surface area contributed by atoms with Gasteiger partial charge in [-0.1, -0.05) is 41.9 Å². The van der Waals surface area contributed by atoms with Gasteiger partial charge in [0.15, 0.2) is 5.82 Å². The highest BCUT2D eigenvalue weighted by Crippen LogP contribution is 2.30. The van der Waals surface area contributed by atoms with Gasteiger partial charge in [-0.2, -0.15) is 0 Å². The number of anilines is 1. The van der Waals surface area contributed by atoms with Gasteiger partial charge in [0.25, 0.3) is 5.88 Å². The normalized spacial score (nSPS) is 14.8. The Kier molecular flexibility index (Phi) is 5.81. The van der Waals surface area contributed by atoms with E-state index in [1.54, 1.807) is 7.11 Å². The molecule has 2 heterocycles. The molecule has 0 unspecified atom stereocenters. The number of rotatable bonds is 5. The SMILES string of the molecule is COc1nc2ccccc2nc1N1CCC(C(=O)NCc2ccccc2Cl)CC1. The zero-order chi connectivity index (χ0) is 20.2. The molecule has 3 aromatic rings. The average molecular weight is 411 g/mol. The van der Waals surface area contributed by atoms with Crippen LogP contribution in [0.4, 0.5) is 5.82 Å². The number of nitrogens with one attached hydrogen (secondary N) is 1. The predicted octanol–water partition coefficient (Wildman–Crippen LogP) is 3.82. The lowest BCUT2D eigenvalue weighted by atomic mass is 9.96. The maximum absolute atomic E-state index is 12.6. The lowest BCUT2D eigenvalue weighted by Crippen LogP contribution is -2.40. The Balaban J connectivity index is 1.40. The molecule has 0 spiro atoms. The van der Waals surface area contributed by atoms with Gasteiger partial charge < -0.3 is 15.0 Å². The fourth-order valence-electron chi connectivity index (χ4n) is 3.64. The number of para-hydroxylation sites is 2. The van der Waals surface area contributed by atoms with Crippen molar-refractivity contribution >= 4 is 34.4 Å². The number of piperidine rings is 1. The van der Waals surface area contributed by atoms with Crippen LogP contribution < -0.4 is 15.0 Å². The quantitative estimate of drug-likeness (QED) is 0.692. The molecule has 1 N–H and O–H groups in total. The minimum atomic E-state index is -0.0202. The van der Waals surface area contributed by atoms with Crippen LogP contribution in [-0.2, 0) is 11.3 Å². The molecule has 0 bridgehead atoms. The highest BCUT2D eigenvalue weighted by Gasteiger charge is 2.27. The number of halogens is 1. The molecule has 1 amide bonds. The summed E-state index contributed by atoms with van der Waals surface area (Å²) in [7, 11) is 1.61. The summed E-state index contributed by atoms with van der Waals surface area (Å²) in [5.74, 6) is 1.31. The molecule has 1 fully saturated rings. The van der Waals surface area contributed by atoms with E-state index < -0.39 is 0 Å². The van der Waals surface area contributed by atoms with Crippen molar-refractivity contribution in [3.8, 4) is 5.88 Å². The fourth-order valence-corrected chi connectivity index (χ4v) is 3.84. The van der Waals surface area contributed by atoms with Crippen LogP contribution in [0.15, 0.2) is 48.5 Å². The maximum Gasteiger partial charge on any atom is 0.257 e. The number of aromatic nitrogens is 2. The molecule has 1 saturated heterocycles. The van der Waals surface area contributed by atoms with Crippen molar-refractivity contribution < 1.29 is 9.53 Å². The number of ether oxygens (including phenoxy) is 1. The first kappa shape index (κ1) is 19.5. The zero-order valence-corrected chi connectivity index (χ0v) is 17.0. The second-order valence-corrected chi connectivity index (χ2v) is 7.52. The van der Waals surface area contributed by atoms with Crippen molar-refractivity contribution in [2.24, 2.45) is 5.92 Å². The molecule has 0 radical (unpaired) electrons. The van der Waals surface area contributed by atoms with E-state index in [9.17, 15) is 4.79 Å². The van der Waals surface area contributed by atoms with E-state index in [1.807, 2.05) is 48.5 Å². The largest absolute Gasteiger partial charge is 0.478 e. The summed E-state index contributed by atoms with van der Waals surface area (Å²) in [6.45, 7) is 1.91. The fraction of sp³-hybridized carbons (Fsp3) is 0.318. The minimum Gasteiger partial charge on any atom is -0.478 e. The third-order valence-electron chi connectivity index (χ3n) is 5.29. The van der Waals surface area contributed by atoms with Crippen molar-refractivity contribution in [3.05, 3.63) is 59.1 Å². The monoisotopic (exact) mass is 410 g/mol. The topological polar surface area (TPSA) is 67.4 Å². The van der Waals surface area contributed by atoms with Gasteiger partial charge in [0.2, 0.25) is 5.91 Å². The second kappa shape index (κ2) is 8.66. The lowest BCUT2D eigenvalue weighted by molar-refractivity contribution is -0.125. The van der Waals surface area contributed by atoms with Crippen molar-refractivity contribution in [2.75, 3.05) is 25.1 Å². The minimum absolute atomic E-state index is 0.0202. The second-order valence-electron chi connectivity index (χ2n) is 7.12. The Morgan fingerprint density at radius 1 is 1.10 bits per heavy atom. The summed E-state index contributed by atoms with van der Waals surface area (Å²) >= 11 is 6.17. The molecule has 7 heteroatoms. The van der Waals surface area contributed by atoms with Crippen LogP contribution in [0.5, 0.6) is 5.88 Å². The highest BCUT2D eigenvalue weighted by molar-refractivity contribution is 6.31. The van der Waals surface area contributed by atoms with Gasteiger partial charge in [0.1, 0.15) is 0 Å². The molecule has 150 valence electrons. The smallest absolute Gasteiger partial charge is 0.257 e. The van der Waals surface area contributed by atoms with Crippen LogP contribution in [0.3, 0.4) is 0 Å². The van der Waals surface area contributed by atoms with Crippen LogP contribution >= 0.6 is 11.6 Å². The maximum atomic E-state index is 12.6. The molecular formula is C22H23ClN4O2. The third kappa shape index (κ3) is 4.27. The molecule has 29 heavy (non-hydrogen) atoms. The predicted molar refractivity (Wildman–Crippen MR) is 114 cm³/mol. The first-order valence-corrected chi connectivity index (χ1v) is 10.1. The molecule has 1 aliphatic heterocycles. The number of hydrogen-bond donors (Lipinski definition) is 1. The van der Waals surface area contributed by atoms with Crippen molar-refractivity contribution in [1.29, 1.82) is 0 Å². The van der Waals surface area contributed by atoms with E-state index in [0.717, 1.165) is 48.3 Å². The summed E-state index contributed by atoms with van der Waals surface area (Å²) in [6.07, 6.45) is 1.51. The van der Waals surface area contributed by atoms with E-state index >= 15 is 0 Å². The van der Waals surface area contributed by atoms with E-state index in [-0.39, 0.29) is 11.8 Å². The van der Waals surface area contributed by atoms with Gasteiger partial charge in [0, 0.05) is 30.6 Å². The summed E-state index contributed by atoms with van der Waals surface area (Å²) in [5.41, 5.74) is 2.57. The molecule has 0 aliphatic carbocycles. The standard InChI is InChI=1S/C22H23ClN4O2/c1-29-22-20(25-18-8-4-5-9-19(18)26-22)27-12-10-15(11-13-27)21(28)24-14-16-6-2-3-7-17(16)23/h2-9,15H,10-14H2,1H3,(H,24,28). The van der Waals surface area contributed by atoms with Crippen LogP contribution in [0.2, 0.25) is 5.02 Å². The van der Waals surface area contributed by atoms with E-state index in [4.69, 9.17) is 21.3 Å². The Morgan fingerprint density at radius 2 is 1.76 bits per heavy atom. The molecule has 1 aliphatic rings. The van der Waals surface area contributed by atoms with Crippen molar-refractivity contribution in [2.45, 2.75) is 19.4 Å². The molecule has 0 atom stereocenters. The van der Waals surface area contributed by atoms with Gasteiger partial charge in [0.05, 0.1) is 18.1 Å². The first-order chi connectivity index (χ1) is 14.2. The van der Waals surface area contributed by atoms with Gasteiger partial charge in [-0.05, 0) is 36.6 Å². The van der Waals surface area contributed by atoms with Gasteiger partial charge in [-0.3, -0.25) is 4.79 Å². The number of nitrogens with zero attached hydrogens (tertiary/aromatic N) is 3. The zero-order valence-electron chi connectivity index (χ0n) is 16.3. The number of carbonyl (C=O) groups excluding carboxylic acids is 1. The van der Waals surface area contributed by atoms with Crippen LogP contribution in [0.25, 0.3) is 11.0 Å². The summed E-state index contributed by atoms with van der Waals surface area (Å²) in [4.78, 5) is 24.1. The summed E-state index contributed by atoms with van der Waals surface area (Å²) < 4.78 is 5.47. The molecule has 6 nitrogen and oxygen atoms in total. The number of methoxy groups -OCH3 is 1. The number of hydrogen-bond acceptors (Lipinski definition) is 5. The lowest BCUT2D eigenvalue weighted by Gasteiger charge is -2.32. The highest BCUT2D eigenvalue weighted by atomic mass is 35.5. The third-order valence-corrected chi connectivity index (χ3v) is 5.66. The number of benzene rings is 2. The number of carbonyl (C=O) groups is 1. The van der Waals surface area contributed by atoms with Crippen molar-refractivity contribution in [3.63, 3.8) is 0 Å². The van der Waals surface area contributed by atoms with Gasteiger partial charge in [-0.15, -0.1) is 0 Å². The molecule has 2 aromatic carbocycles. The Hall–Kier alpha value is -2.86. The van der Waals surface area contributed by atoms with Gasteiger partial charge >= 0.3 is 0 Å². The van der Waals surface area contributed by atoms with Crippen LogP contribution in [0, 0.1) is 5.92 Å². The average Bonchev–Trinajstić information content (AvgIpc) is 2.77. The van der Waals surface area contributed by atoms with Crippen molar-refractivity contribution in [1.82, 2.24) is 15.3 Å². The molecule has 0 saturated carbocycles. The van der Waals surface area contributed by atoms with E-state index in [2.05, 4.69) is 15.2 Å². The Labute approximate surface area is 174 Å². The molecule has 4 rings (SSSR count).